The lowest BCUT2D eigenvalue weighted by atomic mass is 9.79. The lowest BCUT2D eigenvalue weighted by Gasteiger charge is -2.25. The van der Waals surface area contributed by atoms with Crippen LogP contribution in [0.25, 0.3) is 0 Å². The fourth-order valence-electron chi connectivity index (χ4n) is 2.72. The number of rotatable bonds is 3. The van der Waals surface area contributed by atoms with Gasteiger partial charge in [0.2, 0.25) is 0 Å². The van der Waals surface area contributed by atoms with Crippen LogP contribution in [-0.4, -0.2) is 5.78 Å². The molecule has 0 N–H and O–H groups in total. The molecule has 0 radical (unpaired) electrons. The summed E-state index contributed by atoms with van der Waals surface area (Å²) < 4.78 is 13.6. The molecule has 18 heavy (non-hydrogen) atoms. The van der Waals surface area contributed by atoms with Gasteiger partial charge in [0.15, 0.2) is 0 Å². The smallest absolute Gasteiger partial charge is 0.140 e. The summed E-state index contributed by atoms with van der Waals surface area (Å²) in [7, 11) is 0. The number of hydrogen-bond donors (Lipinski definition) is 0. The Hall–Kier alpha value is -0.890. The molecule has 1 saturated carbocycles. The predicted octanol–water partition coefficient (Wildman–Crippen LogP) is 4.42. The summed E-state index contributed by atoms with van der Waals surface area (Å²) in [4.78, 5) is 12.2. The van der Waals surface area contributed by atoms with Crippen LogP contribution in [0, 0.1) is 17.7 Å². The molecule has 0 spiro atoms. The third-order valence-corrected chi connectivity index (χ3v) is 4.01. The quantitative estimate of drug-likeness (QED) is 0.793. The van der Waals surface area contributed by atoms with Gasteiger partial charge in [0.05, 0.1) is 0 Å². The topological polar surface area (TPSA) is 17.1 Å². The van der Waals surface area contributed by atoms with Crippen LogP contribution in [0.1, 0.15) is 38.2 Å². The molecule has 0 heterocycles. The second-order valence-corrected chi connectivity index (χ2v) is 5.78. The van der Waals surface area contributed by atoms with Crippen molar-refractivity contribution in [2.45, 2.75) is 39.0 Å². The number of ketones is 1. The van der Waals surface area contributed by atoms with Gasteiger partial charge in [0, 0.05) is 17.4 Å². The molecule has 1 fully saturated rings. The highest BCUT2D eigenvalue weighted by atomic mass is 35.5. The molecule has 0 aliphatic heterocycles. The van der Waals surface area contributed by atoms with Gasteiger partial charge < -0.3 is 0 Å². The summed E-state index contributed by atoms with van der Waals surface area (Å²) in [6.45, 7) is 2.18. The molecular weight excluding hydrogens is 251 g/mol. The van der Waals surface area contributed by atoms with Crippen molar-refractivity contribution in [1.82, 2.24) is 0 Å². The van der Waals surface area contributed by atoms with Crippen molar-refractivity contribution in [3.05, 3.63) is 34.6 Å². The average molecular weight is 269 g/mol. The van der Waals surface area contributed by atoms with Gasteiger partial charge in [-0.25, -0.2) is 4.39 Å². The van der Waals surface area contributed by atoms with Crippen molar-refractivity contribution < 1.29 is 9.18 Å². The molecule has 0 amide bonds. The highest BCUT2D eigenvalue weighted by Crippen LogP contribution is 2.30. The highest BCUT2D eigenvalue weighted by Gasteiger charge is 2.25. The Labute approximate surface area is 112 Å². The molecule has 2 rings (SSSR count). The van der Waals surface area contributed by atoms with Crippen molar-refractivity contribution in [3.63, 3.8) is 0 Å². The summed E-state index contributed by atoms with van der Waals surface area (Å²) in [5.41, 5.74) is 0.461. The molecule has 1 aliphatic carbocycles. The summed E-state index contributed by atoms with van der Waals surface area (Å²) in [6.07, 6.45) is 4.42. The van der Waals surface area contributed by atoms with E-state index in [0.29, 0.717) is 16.5 Å². The van der Waals surface area contributed by atoms with Crippen LogP contribution in [0.3, 0.4) is 0 Å². The van der Waals surface area contributed by atoms with Crippen LogP contribution in [0.5, 0.6) is 0 Å². The van der Waals surface area contributed by atoms with E-state index in [4.69, 9.17) is 11.6 Å². The molecule has 1 aromatic carbocycles. The van der Waals surface area contributed by atoms with Gasteiger partial charge in [0.25, 0.3) is 0 Å². The molecule has 0 bridgehead atoms. The molecule has 0 aromatic heterocycles. The van der Waals surface area contributed by atoms with Gasteiger partial charge >= 0.3 is 0 Å². The van der Waals surface area contributed by atoms with Crippen LogP contribution in [0.2, 0.25) is 5.02 Å². The normalized spacial score (nSPS) is 23.9. The number of carbonyl (C=O) groups is 1. The summed E-state index contributed by atoms with van der Waals surface area (Å²) in [5.74, 6) is 0.522. The van der Waals surface area contributed by atoms with E-state index in [9.17, 15) is 9.18 Å². The first-order chi connectivity index (χ1) is 8.56. The molecular formula is C15H18ClFO. The molecule has 2 unspecified atom stereocenters. The molecule has 0 saturated heterocycles. The van der Waals surface area contributed by atoms with Crippen LogP contribution < -0.4 is 0 Å². The van der Waals surface area contributed by atoms with E-state index >= 15 is 0 Å². The predicted molar refractivity (Wildman–Crippen MR) is 71.2 cm³/mol. The number of benzene rings is 1. The van der Waals surface area contributed by atoms with Crippen molar-refractivity contribution in [1.29, 1.82) is 0 Å². The monoisotopic (exact) mass is 268 g/mol. The van der Waals surface area contributed by atoms with Gasteiger partial charge in [-0.05, 0) is 36.5 Å². The van der Waals surface area contributed by atoms with Gasteiger partial charge in [0.1, 0.15) is 11.6 Å². The van der Waals surface area contributed by atoms with Gasteiger partial charge in [-0.1, -0.05) is 37.4 Å². The molecule has 98 valence electrons. The first kappa shape index (κ1) is 13.5. The molecule has 1 nitrogen and oxygen atoms in total. The van der Waals surface area contributed by atoms with Crippen LogP contribution in [-0.2, 0) is 11.2 Å². The number of halogens is 2. The minimum Gasteiger partial charge on any atom is -0.299 e. The van der Waals surface area contributed by atoms with E-state index in [-0.39, 0.29) is 23.9 Å². The highest BCUT2D eigenvalue weighted by molar-refractivity contribution is 6.30. The van der Waals surface area contributed by atoms with Gasteiger partial charge in [-0.15, -0.1) is 0 Å². The van der Waals surface area contributed by atoms with Crippen LogP contribution >= 0.6 is 11.6 Å². The first-order valence-electron chi connectivity index (χ1n) is 6.53. The Morgan fingerprint density at radius 3 is 2.89 bits per heavy atom. The fourth-order valence-corrected chi connectivity index (χ4v) is 2.88. The second-order valence-electron chi connectivity index (χ2n) is 5.35. The van der Waals surface area contributed by atoms with E-state index < -0.39 is 0 Å². The standard InChI is InChI=1S/C15H18ClFO/c1-10-3-2-4-12(7-10)15(18)8-11-5-6-13(16)9-14(11)17/h5-6,9-10,12H,2-4,7-8H2,1H3. The average Bonchev–Trinajstić information content (AvgIpc) is 2.32. The Bertz CT molecular complexity index is 444. The lowest BCUT2D eigenvalue weighted by Crippen LogP contribution is -2.23. The molecule has 2 atom stereocenters. The Morgan fingerprint density at radius 2 is 2.22 bits per heavy atom. The third kappa shape index (κ3) is 3.32. The zero-order valence-corrected chi connectivity index (χ0v) is 11.3. The fraction of sp³-hybridized carbons (Fsp3) is 0.533. The Kier molecular flexibility index (Phi) is 4.39. The van der Waals surface area contributed by atoms with Crippen molar-refractivity contribution in [2.75, 3.05) is 0 Å². The minimum atomic E-state index is -0.375. The second kappa shape index (κ2) is 5.83. The number of Topliss-reactive ketones (excluding diaryl/α,β-unsaturated/α-hetero) is 1. The van der Waals surface area contributed by atoms with Crippen LogP contribution in [0.4, 0.5) is 4.39 Å². The van der Waals surface area contributed by atoms with E-state index in [1.54, 1.807) is 12.1 Å². The van der Waals surface area contributed by atoms with E-state index in [1.165, 1.54) is 12.5 Å². The molecule has 1 aliphatic rings. The maximum Gasteiger partial charge on any atom is 0.140 e. The van der Waals surface area contributed by atoms with E-state index in [1.807, 2.05) is 0 Å². The SMILES string of the molecule is CC1CCCC(C(=O)Cc2ccc(Cl)cc2F)C1. The van der Waals surface area contributed by atoms with Crippen molar-refractivity contribution in [2.24, 2.45) is 11.8 Å². The summed E-state index contributed by atoms with van der Waals surface area (Å²) in [5, 5.41) is 0.370. The summed E-state index contributed by atoms with van der Waals surface area (Å²) in [6, 6.07) is 4.52. The van der Waals surface area contributed by atoms with E-state index in [2.05, 4.69) is 6.92 Å². The zero-order chi connectivity index (χ0) is 13.1. The van der Waals surface area contributed by atoms with Gasteiger partial charge in [-0.3, -0.25) is 4.79 Å². The van der Waals surface area contributed by atoms with Crippen LogP contribution in [0.15, 0.2) is 18.2 Å². The van der Waals surface area contributed by atoms with Crippen molar-refractivity contribution >= 4 is 17.4 Å². The largest absolute Gasteiger partial charge is 0.299 e. The number of carbonyl (C=O) groups excluding carboxylic acids is 1. The van der Waals surface area contributed by atoms with Gasteiger partial charge in [-0.2, -0.15) is 0 Å². The lowest BCUT2D eigenvalue weighted by molar-refractivity contribution is -0.123. The minimum absolute atomic E-state index is 0.115. The maximum absolute atomic E-state index is 13.6. The first-order valence-corrected chi connectivity index (χ1v) is 6.90. The Morgan fingerprint density at radius 1 is 1.44 bits per heavy atom. The Balaban J connectivity index is 2.02. The molecule has 1 aromatic rings. The molecule has 3 heteroatoms. The summed E-state index contributed by atoms with van der Waals surface area (Å²) >= 11 is 5.70. The van der Waals surface area contributed by atoms with Crippen molar-refractivity contribution in [3.8, 4) is 0 Å². The number of hydrogen-bond acceptors (Lipinski definition) is 1. The van der Waals surface area contributed by atoms with E-state index in [0.717, 1.165) is 19.3 Å². The zero-order valence-electron chi connectivity index (χ0n) is 10.6. The third-order valence-electron chi connectivity index (χ3n) is 3.77. The maximum atomic E-state index is 13.6.